The van der Waals surface area contributed by atoms with Crippen molar-refractivity contribution in [2.24, 2.45) is 0 Å². The zero-order chi connectivity index (χ0) is 22.7. The summed E-state index contributed by atoms with van der Waals surface area (Å²) < 4.78 is 19.8. The lowest BCUT2D eigenvalue weighted by Gasteiger charge is -2.36. The molecule has 1 N–H and O–H groups in total. The largest absolute Gasteiger partial charge is 0.465 e. The molecule has 1 aliphatic rings. The lowest BCUT2D eigenvalue weighted by atomic mass is 10.1. The molecular weight excluding hydrogens is 431 g/mol. The molecule has 2 heterocycles. The van der Waals surface area contributed by atoms with Crippen LogP contribution in [0.1, 0.15) is 16.8 Å². The highest BCUT2D eigenvalue weighted by molar-refractivity contribution is 7.71. The van der Waals surface area contributed by atoms with Crippen molar-refractivity contribution in [1.82, 2.24) is 14.5 Å². The number of hydrogen-bond acceptors (Lipinski definition) is 6. The molecule has 0 aliphatic carbocycles. The van der Waals surface area contributed by atoms with Gasteiger partial charge in [0.25, 0.3) is 5.56 Å². The van der Waals surface area contributed by atoms with Gasteiger partial charge in [-0.15, -0.1) is 0 Å². The van der Waals surface area contributed by atoms with Gasteiger partial charge in [-0.2, -0.15) is 0 Å². The van der Waals surface area contributed by atoms with Gasteiger partial charge in [-0.25, -0.2) is 9.18 Å². The van der Waals surface area contributed by atoms with E-state index in [2.05, 4.69) is 14.8 Å². The van der Waals surface area contributed by atoms with Crippen molar-refractivity contribution < 1.29 is 13.9 Å². The van der Waals surface area contributed by atoms with E-state index in [0.29, 0.717) is 27.8 Å². The number of methoxy groups -OCH3 is 1. The SMILES string of the molecule is COC(=O)c1ccc2c(=O)n(CCCN3CCN(c4ccc(F)cc4)CC3)c(=S)[nH]c2c1. The number of rotatable bonds is 6. The zero-order valence-corrected chi connectivity index (χ0v) is 18.7. The summed E-state index contributed by atoms with van der Waals surface area (Å²) in [6, 6.07) is 11.4. The fraction of sp³-hybridized carbons (Fsp3) is 0.348. The molecule has 0 spiro atoms. The van der Waals surface area contributed by atoms with Crippen LogP contribution >= 0.6 is 12.2 Å². The van der Waals surface area contributed by atoms with Crippen molar-refractivity contribution in [3.05, 3.63) is 69.0 Å². The van der Waals surface area contributed by atoms with E-state index in [4.69, 9.17) is 17.0 Å². The fourth-order valence-corrected chi connectivity index (χ4v) is 4.32. The molecule has 0 radical (unpaired) electrons. The van der Waals surface area contributed by atoms with Crippen LogP contribution in [0, 0.1) is 10.6 Å². The van der Waals surface area contributed by atoms with Gasteiger partial charge in [-0.3, -0.25) is 14.3 Å². The summed E-state index contributed by atoms with van der Waals surface area (Å²) in [4.78, 5) is 32.3. The molecule has 1 saturated heterocycles. The Labute approximate surface area is 190 Å². The maximum Gasteiger partial charge on any atom is 0.337 e. The first-order valence-electron chi connectivity index (χ1n) is 10.5. The summed E-state index contributed by atoms with van der Waals surface area (Å²) in [5.41, 5.74) is 1.76. The van der Waals surface area contributed by atoms with Crippen molar-refractivity contribution >= 4 is 34.8 Å². The van der Waals surface area contributed by atoms with E-state index in [9.17, 15) is 14.0 Å². The maximum atomic E-state index is 13.1. The highest BCUT2D eigenvalue weighted by Crippen LogP contribution is 2.17. The topological polar surface area (TPSA) is 70.6 Å². The Hall–Kier alpha value is -3.04. The predicted octanol–water partition coefficient (Wildman–Crippen LogP) is 3.20. The minimum atomic E-state index is -0.463. The quantitative estimate of drug-likeness (QED) is 0.454. The van der Waals surface area contributed by atoms with Crippen LogP contribution in [-0.2, 0) is 11.3 Å². The first-order valence-corrected chi connectivity index (χ1v) is 10.9. The van der Waals surface area contributed by atoms with Crippen LogP contribution in [0.5, 0.6) is 0 Å². The maximum absolute atomic E-state index is 13.1. The summed E-state index contributed by atoms with van der Waals surface area (Å²) in [5, 5.41) is 0.485. The Morgan fingerprint density at radius 2 is 1.81 bits per heavy atom. The molecule has 0 atom stereocenters. The lowest BCUT2D eigenvalue weighted by Crippen LogP contribution is -2.46. The number of halogens is 1. The average Bonchev–Trinajstić information content (AvgIpc) is 2.81. The normalized spacial score (nSPS) is 14.6. The summed E-state index contributed by atoms with van der Waals surface area (Å²) >= 11 is 5.40. The molecule has 0 unspecified atom stereocenters. The van der Waals surface area contributed by atoms with Gasteiger partial charge >= 0.3 is 5.97 Å². The van der Waals surface area contributed by atoms with Crippen molar-refractivity contribution in [1.29, 1.82) is 0 Å². The Bertz CT molecular complexity index is 1230. The third kappa shape index (κ3) is 4.73. The molecule has 168 valence electrons. The molecule has 9 heteroatoms. The molecule has 3 aromatic rings. The van der Waals surface area contributed by atoms with Gasteiger partial charge in [-0.1, -0.05) is 0 Å². The van der Waals surface area contributed by atoms with Gasteiger partial charge in [0.15, 0.2) is 4.77 Å². The molecular formula is C23H25FN4O3S. The molecule has 0 bridgehead atoms. The van der Waals surface area contributed by atoms with Gasteiger partial charge in [0.2, 0.25) is 0 Å². The van der Waals surface area contributed by atoms with Crippen LogP contribution in [0.25, 0.3) is 10.9 Å². The molecule has 4 rings (SSSR count). The van der Waals surface area contributed by atoms with Crippen LogP contribution in [0.2, 0.25) is 0 Å². The fourth-order valence-electron chi connectivity index (χ4n) is 4.04. The van der Waals surface area contributed by atoms with Crippen LogP contribution < -0.4 is 10.5 Å². The number of fused-ring (bicyclic) bond motifs is 1. The number of piperazine rings is 1. The van der Waals surface area contributed by atoms with Crippen LogP contribution in [0.3, 0.4) is 0 Å². The average molecular weight is 457 g/mol. The number of nitrogens with zero attached hydrogens (tertiary/aromatic N) is 3. The summed E-state index contributed by atoms with van der Waals surface area (Å²) in [5.74, 6) is -0.687. The number of esters is 1. The summed E-state index contributed by atoms with van der Waals surface area (Å²) in [6.07, 6.45) is 0.791. The highest BCUT2D eigenvalue weighted by atomic mass is 32.1. The number of hydrogen-bond donors (Lipinski definition) is 1. The van der Waals surface area contributed by atoms with E-state index in [1.54, 1.807) is 22.8 Å². The Morgan fingerprint density at radius 1 is 1.09 bits per heavy atom. The van der Waals surface area contributed by atoms with Crippen LogP contribution in [0.15, 0.2) is 47.3 Å². The number of anilines is 1. The standard InChI is InChI=1S/C23H25FN4O3S/c1-31-22(30)16-3-8-19-20(15-16)25-23(32)28(21(19)29)10-2-9-26-11-13-27(14-12-26)18-6-4-17(24)5-7-18/h3-8,15H,2,9-14H2,1H3,(H,25,32). The number of carbonyl (C=O) groups excluding carboxylic acids is 1. The van der Waals surface area contributed by atoms with E-state index in [1.807, 2.05) is 12.1 Å². The third-order valence-corrected chi connectivity index (χ3v) is 6.15. The van der Waals surface area contributed by atoms with Crippen molar-refractivity contribution in [3.8, 4) is 0 Å². The van der Waals surface area contributed by atoms with Crippen molar-refractivity contribution in [2.45, 2.75) is 13.0 Å². The Morgan fingerprint density at radius 3 is 2.50 bits per heavy atom. The van der Waals surface area contributed by atoms with Gasteiger partial charge in [-0.05, 0) is 67.6 Å². The van der Waals surface area contributed by atoms with Gasteiger partial charge in [0.1, 0.15) is 5.82 Å². The second-order valence-corrected chi connectivity index (χ2v) is 8.18. The monoisotopic (exact) mass is 456 g/mol. The van der Waals surface area contributed by atoms with Crippen LogP contribution in [-0.4, -0.2) is 60.3 Å². The van der Waals surface area contributed by atoms with E-state index in [-0.39, 0.29) is 11.4 Å². The molecule has 32 heavy (non-hydrogen) atoms. The summed E-state index contributed by atoms with van der Waals surface area (Å²) in [6.45, 7) is 4.95. The van der Waals surface area contributed by atoms with Crippen molar-refractivity contribution in [3.63, 3.8) is 0 Å². The Kier molecular flexibility index (Phi) is 6.66. The number of aromatic nitrogens is 2. The Balaban J connectivity index is 1.36. The van der Waals surface area contributed by atoms with E-state index < -0.39 is 5.97 Å². The minimum Gasteiger partial charge on any atom is -0.465 e. The number of H-pyrrole nitrogens is 1. The predicted molar refractivity (Wildman–Crippen MR) is 124 cm³/mol. The lowest BCUT2D eigenvalue weighted by molar-refractivity contribution is 0.0601. The number of nitrogens with one attached hydrogen (secondary N) is 1. The second-order valence-electron chi connectivity index (χ2n) is 7.80. The molecule has 2 aromatic carbocycles. The molecule has 0 amide bonds. The smallest absolute Gasteiger partial charge is 0.337 e. The first-order chi connectivity index (χ1) is 15.5. The van der Waals surface area contributed by atoms with Gasteiger partial charge < -0.3 is 14.6 Å². The minimum absolute atomic E-state index is 0.165. The number of aromatic amines is 1. The number of carbonyl (C=O) groups is 1. The molecule has 0 saturated carbocycles. The third-order valence-electron chi connectivity index (χ3n) is 5.82. The molecule has 1 fully saturated rings. The van der Waals surface area contributed by atoms with E-state index >= 15 is 0 Å². The van der Waals surface area contributed by atoms with Crippen LogP contribution in [0.4, 0.5) is 10.1 Å². The molecule has 1 aromatic heterocycles. The number of benzene rings is 2. The second kappa shape index (κ2) is 9.62. The number of ether oxygens (including phenoxy) is 1. The first kappa shape index (κ1) is 22.2. The molecule has 7 nitrogen and oxygen atoms in total. The van der Waals surface area contributed by atoms with Gasteiger partial charge in [0, 0.05) is 38.4 Å². The van der Waals surface area contributed by atoms with E-state index in [0.717, 1.165) is 44.8 Å². The van der Waals surface area contributed by atoms with E-state index in [1.165, 1.54) is 19.2 Å². The molecule has 1 aliphatic heterocycles. The van der Waals surface area contributed by atoms with Gasteiger partial charge in [0.05, 0.1) is 23.6 Å². The zero-order valence-electron chi connectivity index (χ0n) is 17.8. The highest BCUT2D eigenvalue weighted by Gasteiger charge is 2.17. The summed E-state index contributed by atoms with van der Waals surface area (Å²) in [7, 11) is 1.31. The van der Waals surface area contributed by atoms with Crippen molar-refractivity contribution in [2.75, 3.05) is 44.7 Å².